The normalized spacial score (nSPS) is 20.4. The van der Waals surface area contributed by atoms with Crippen molar-refractivity contribution < 1.29 is 14.3 Å². The molecule has 0 fully saturated rings. The highest BCUT2D eigenvalue weighted by molar-refractivity contribution is 7.10. The first-order valence-corrected chi connectivity index (χ1v) is 5.82. The first-order chi connectivity index (χ1) is 7.72. The van der Waals surface area contributed by atoms with Gasteiger partial charge in [0, 0.05) is 11.6 Å². The summed E-state index contributed by atoms with van der Waals surface area (Å²) >= 11 is 1.50. The molecule has 1 aliphatic rings. The van der Waals surface area contributed by atoms with Gasteiger partial charge < -0.3 is 4.74 Å². The van der Waals surface area contributed by atoms with Crippen molar-refractivity contribution in [1.29, 1.82) is 0 Å². The number of methoxy groups -OCH3 is 1. The first kappa shape index (κ1) is 11.0. The number of aromatic nitrogens is 1. The molecule has 0 bridgehead atoms. The molecule has 2 rings (SSSR count). The van der Waals surface area contributed by atoms with Crippen LogP contribution in [0, 0.1) is 5.92 Å². The highest BCUT2D eigenvalue weighted by Crippen LogP contribution is 2.29. The molecule has 1 aliphatic carbocycles. The summed E-state index contributed by atoms with van der Waals surface area (Å²) in [5.74, 6) is -1.25. The number of carbonyl (C=O) groups is 2. The molecule has 0 aliphatic heterocycles. The Morgan fingerprint density at radius 1 is 1.62 bits per heavy atom. The number of hydrogen-bond acceptors (Lipinski definition) is 5. The molecule has 1 aromatic heterocycles. The molecule has 0 saturated carbocycles. The van der Waals surface area contributed by atoms with Crippen molar-refractivity contribution in [2.24, 2.45) is 5.92 Å². The highest BCUT2D eigenvalue weighted by atomic mass is 32.1. The van der Waals surface area contributed by atoms with E-state index in [2.05, 4.69) is 9.72 Å². The van der Waals surface area contributed by atoms with Gasteiger partial charge in [0.1, 0.15) is 10.9 Å². The minimum atomic E-state index is -0.631. The van der Waals surface area contributed by atoms with Gasteiger partial charge in [0.05, 0.1) is 7.11 Å². The Morgan fingerprint density at radius 2 is 2.44 bits per heavy atom. The van der Waals surface area contributed by atoms with E-state index < -0.39 is 11.9 Å². The van der Waals surface area contributed by atoms with Crippen LogP contribution in [0.25, 0.3) is 5.57 Å². The van der Waals surface area contributed by atoms with Gasteiger partial charge in [-0.15, -0.1) is 11.3 Å². The third kappa shape index (κ3) is 2.04. The Bertz CT molecular complexity index is 436. The molecule has 1 unspecified atom stereocenters. The summed E-state index contributed by atoms with van der Waals surface area (Å²) in [6.07, 6.45) is 4.43. The zero-order valence-corrected chi connectivity index (χ0v) is 9.62. The van der Waals surface area contributed by atoms with Crippen molar-refractivity contribution in [2.45, 2.75) is 12.8 Å². The maximum Gasteiger partial charge on any atom is 0.316 e. The summed E-state index contributed by atoms with van der Waals surface area (Å²) in [5, 5.41) is 2.73. The summed E-state index contributed by atoms with van der Waals surface area (Å²) in [7, 11) is 1.30. The molecule has 0 N–H and O–H groups in total. The molecule has 84 valence electrons. The van der Waals surface area contributed by atoms with E-state index in [-0.39, 0.29) is 5.78 Å². The van der Waals surface area contributed by atoms with Crippen LogP contribution in [0.5, 0.6) is 0 Å². The predicted octanol–water partition coefficient (Wildman–Crippen LogP) is 1.68. The van der Waals surface area contributed by atoms with Gasteiger partial charge in [-0.3, -0.25) is 9.59 Å². The fourth-order valence-electron chi connectivity index (χ4n) is 1.71. The van der Waals surface area contributed by atoms with E-state index in [9.17, 15) is 9.59 Å². The van der Waals surface area contributed by atoms with Gasteiger partial charge in [-0.05, 0) is 24.5 Å². The van der Waals surface area contributed by atoms with Gasteiger partial charge in [-0.25, -0.2) is 4.98 Å². The lowest BCUT2D eigenvalue weighted by atomic mass is 9.89. The van der Waals surface area contributed by atoms with E-state index in [1.807, 2.05) is 5.38 Å². The van der Waals surface area contributed by atoms with Crippen LogP contribution in [0.4, 0.5) is 0 Å². The van der Waals surface area contributed by atoms with E-state index in [0.717, 1.165) is 10.6 Å². The van der Waals surface area contributed by atoms with Crippen LogP contribution in [0.2, 0.25) is 0 Å². The number of thiazole rings is 1. The number of ether oxygens (including phenoxy) is 1. The number of esters is 1. The summed E-state index contributed by atoms with van der Waals surface area (Å²) < 4.78 is 4.58. The summed E-state index contributed by atoms with van der Waals surface area (Å²) in [5.41, 5.74) is 0.917. The van der Waals surface area contributed by atoms with Crippen LogP contribution < -0.4 is 0 Å². The predicted molar refractivity (Wildman–Crippen MR) is 59.8 cm³/mol. The fourth-order valence-corrected chi connectivity index (χ4v) is 2.40. The maximum atomic E-state index is 11.7. The second-order valence-electron chi connectivity index (χ2n) is 3.52. The van der Waals surface area contributed by atoms with Crippen LogP contribution in [-0.4, -0.2) is 23.8 Å². The Balaban J connectivity index is 2.18. The minimum absolute atomic E-state index is 0.177. The molecule has 0 amide bonds. The van der Waals surface area contributed by atoms with Gasteiger partial charge in [-0.1, -0.05) is 0 Å². The van der Waals surface area contributed by atoms with Gasteiger partial charge in [0.15, 0.2) is 5.78 Å². The first-order valence-electron chi connectivity index (χ1n) is 4.94. The molecular weight excluding hydrogens is 226 g/mol. The molecule has 4 nitrogen and oxygen atoms in total. The monoisotopic (exact) mass is 237 g/mol. The lowest BCUT2D eigenvalue weighted by Crippen LogP contribution is -2.26. The van der Waals surface area contributed by atoms with E-state index >= 15 is 0 Å². The van der Waals surface area contributed by atoms with E-state index in [0.29, 0.717) is 12.8 Å². The van der Waals surface area contributed by atoms with Crippen LogP contribution >= 0.6 is 11.3 Å². The molecule has 0 aromatic carbocycles. The van der Waals surface area contributed by atoms with Crippen molar-refractivity contribution in [3.05, 3.63) is 22.7 Å². The van der Waals surface area contributed by atoms with Crippen LogP contribution in [-0.2, 0) is 14.3 Å². The van der Waals surface area contributed by atoms with Crippen molar-refractivity contribution in [2.75, 3.05) is 7.11 Å². The van der Waals surface area contributed by atoms with Crippen molar-refractivity contribution >= 4 is 28.7 Å². The van der Waals surface area contributed by atoms with E-state index in [4.69, 9.17) is 0 Å². The molecular formula is C11H11NO3S. The van der Waals surface area contributed by atoms with Crippen molar-refractivity contribution in [3.8, 4) is 0 Å². The number of ketones is 1. The zero-order chi connectivity index (χ0) is 11.5. The number of carbonyl (C=O) groups excluding carboxylic acids is 2. The Kier molecular flexibility index (Phi) is 3.14. The average molecular weight is 237 g/mol. The Hall–Kier alpha value is -1.49. The van der Waals surface area contributed by atoms with Crippen LogP contribution in [0.3, 0.4) is 0 Å². The van der Waals surface area contributed by atoms with Crippen LogP contribution in [0.1, 0.15) is 17.8 Å². The standard InChI is InChI=1S/C11H11NO3S/c1-15-11(14)8-3-2-7(6-9(8)13)10-12-4-5-16-10/h4-6,8H,2-3H2,1H3. The molecule has 1 aromatic rings. The lowest BCUT2D eigenvalue weighted by Gasteiger charge is -2.17. The molecule has 0 radical (unpaired) electrons. The molecule has 1 heterocycles. The van der Waals surface area contributed by atoms with Gasteiger partial charge in [-0.2, -0.15) is 0 Å². The van der Waals surface area contributed by atoms with Crippen molar-refractivity contribution in [3.63, 3.8) is 0 Å². The second-order valence-corrected chi connectivity index (χ2v) is 4.42. The Morgan fingerprint density at radius 3 is 3.00 bits per heavy atom. The third-order valence-corrected chi connectivity index (χ3v) is 3.40. The highest BCUT2D eigenvalue weighted by Gasteiger charge is 2.30. The van der Waals surface area contributed by atoms with Gasteiger partial charge in [0.2, 0.25) is 0 Å². The summed E-state index contributed by atoms with van der Waals surface area (Å²) in [6, 6.07) is 0. The molecule has 0 saturated heterocycles. The average Bonchev–Trinajstić information content (AvgIpc) is 2.81. The molecule has 1 atom stereocenters. The third-order valence-electron chi connectivity index (χ3n) is 2.56. The van der Waals surface area contributed by atoms with Gasteiger partial charge in [0.25, 0.3) is 0 Å². The number of allylic oxidation sites excluding steroid dienone is 2. The zero-order valence-electron chi connectivity index (χ0n) is 8.80. The topological polar surface area (TPSA) is 56.3 Å². The molecule has 16 heavy (non-hydrogen) atoms. The summed E-state index contributed by atoms with van der Waals surface area (Å²) in [6.45, 7) is 0. The number of hydrogen-bond donors (Lipinski definition) is 0. The number of nitrogens with zero attached hydrogens (tertiary/aromatic N) is 1. The second kappa shape index (κ2) is 4.57. The Labute approximate surface area is 97.0 Å². The maximum absolute atomic E-state index is 11.7. The smallest absolute Gasteiger partial charge is 0.316 e. The fraction of sp³-hybridized carbons (Fsp3) is 0.364. The van der Waals surface area contributed by atoms with Crippen LogP contribution in [0.15, 0.2) is 17.7 Å². The van der Waals surface area contributed by atoms with E-state index in [1.165, 1.54) is 24.5 Å². The molecule has 5 heteroatoms. The number of rotatable bonds is 2. The van der Waals surface area contributed by atoms with Crippen molar-refractivity contribution in [1.82, 2.24) is 4.98 Å². The SMILES string of the molecule is COC(=O)C1CCC(c2nccs2)=CC1=O. The minimum Gasteiger partial charge on any atom is -0.468 e. The van der Waals surface area contributed by atoms with E-state index in [1.54, 1.807) is 6.20 Å². The quantitative estimate of drug-likeness (QED) is 0.580. The summed E-state index contributed by atoms with van der Waals surface area (Å²) in [4.78, 5) is 27.1. The molecule has 0 spiro atoms. The van der Waals surface area contributed by atoms with Gasteiger partial charge >= 0.3 is 5.97 Å². The largest absolute Gasteiger partial charge is 0.468 e. The lowest BCUT2D eigenvalue weighted by molar-refractivity contribution is -0.148.